The van der Waals surface area contributed by atoms with Crippen LogP contribution in [0.5, 0.6) is 0 Å². The number of carboxylic acid groups (broad SMARTS) is 1. The van der Waals surface area contributed by atoms with Gasteiger partial charge in [0.05, 0.1) is 5.56 Å². The fourth-order valence-corrected chi connectivity index (χ4v) is 2.46. The number of aromatic carboxylic acids is 1. The lowest BCUT2D eigenvalue weighted by Crippen LogP contribution is -1.96. The normalized spacial score (nSPS) is 11.2. The Morgan fingerprint density at radius 2 is 1.13 bits per heavy atom. The van der Waals surface area contributed by atoms with E-state index in [-0.39, 0.29) is 0 Å². The third-order valence-corrected chi connectivity index (χ3v) is 3.64. The molecule has 0 bridgehead atoms. The molecular weight excluding hydrogens is 284 g/mol. The Kier molecular flexibility index (Phi) is 4.34. The van der Waals surface area contributed by atoms with Crippen LogP contribution in [-0.4, -0.2) is 11.1 Å². The second-order valence-electron chi connectivity index (χ2n) is 5.22. The van der Waals surface area contributed by atoms with Gasteiger partial charge in [0.1, 0.15) is 0 Å². The lowest BCUT2D eigenvalue weighted by Gasteiger charge is -2.09. The molecule has 1 N–H and O–H groups in total. The first-order valence-corrected chi connectivity index (χ1v) is 7.40. The molecule has 0 saturated carbocycles. The van der Waals surface area contributed by atoms with Gasteiger partial charge >= 0.3 is 5.97 Å². The molecule has 0 aliphatic rings. The van der Waals surface area contributed by atoms with Crippen LogP contribution < -0.4 is 0 Å². The molecule has 3 aromatic carbocycles. The SMILES string of the molecule is O=C(O)c1ccc(C(=Cc2ccccc2)c2ccccc2)cc1. The van der Waals surface area contributed by atoms with E-state index in [4.69, 9.17) is 5.11 Å². The van der Waals surface area contributed by atoms with E-state index in [1.54, 1.807) is 12.1 Å². The van der Waals surface area contributed by atoms with E-state index in [2.05, 4.69) is 30.3 Å². The molecule has 0 heterocycles. The first kappa shape index (κ1) is 14.8. The summed E-state index contributed by atoms with van der Waals surface area (Å²) in [6.07, 6.45) is 2.12. The predicted molar refractivity (Wildman–Crippen MR) is 93.3 cm³/mol. The van der Waals surface area contributed by atoms with Crippen LogP contribution in [0.25, 0.3) is 11.6 Å². The Bertz CT molecular complexity index is 817. The van der Waals surface area contributed by atoms with Gasteiger partial charge in [-0.3, -0.25) is 0 Å². The fraction of sp³-hybridized carbons (Fsp3) is 0. The van der Waals surface area contributed by atoms with Crippen molar-refractivity contribution < 1.29 is 9.90 Å². The molecule has 2 nitrogen and oxygen atoms in total. The minimum absolute atomic E-state index is 0.292. The maximum atomic E-state index is 11.0. The highest BCUT2D eigenvalue weighted by molar-refractivity contribution is 5.93. The predicted octanol–water partition coefficient (Wildman–Crippen LogP) is 4.97. The van der Waals surface area contributed by atoms with Crippen molar-refractivity contribution in [2.75, 3.05) is 0 Å². The van der Waals surface area contributed by atoms with Gasteiger partial charge in [-0.1, -0.05) is 72.8 Å². The molecule has 0 fully saturated rings. The zero-order valence-corrected chi connectivity index (χ0v) is 12.5. The molecule has 0 spiro atoms. The highest BCUT2D eigenvalue weighted by Gasteiger charge is 2.07. The van der Waals surface area contributed by atoms with Crippen molar-refractivity contribution in [2.45, 2.75) is 0 Å². The zero-order valence-electron chi connectivity index (χ0n) is 12.5. The summed E-state index contributed by atoms with van der Waals surface area (Å²) in [5.41, 5.74) is 4.55. The number of hydrogen-bond acceptors (Lipinski definition) is 1. The van der Waals surface area contributed by atoms with E-state index < -0.39 is 5.97 Å². The minimum atomic E-state index is -0.912. The average Bonchev–Trinajstić information content (AvgIpc) is 2.61. The standard InChI is InChI=1S/C21H16O2/c22-21(23)19-13-11-18(12-14-19)20(17-9-5-2-6-10-17)15-16-7-3-1-4-8-16/h1-15H,(H,22,23). The van der Waals surface area contributed by atoms with Crippen LogP contribution in [0.1, 0.15) is 27.0 Å². The summed E-state index contributed by atoms with van der Waals surface area (Å²) in [6, 6.07) is 27.2. The molecule has 0 unspecified atom stereocenters. The Hall–Kier alpha value is -3.13. The minimum Gasteiger partial charge on any atom is -0.478 e. The third-order valence-electron chi connectivity index (χ3n) is 3.64. The van der Waals surface area contributed by atoms with Gasteiger partial charge in [0.15, 0.2) is 0 Å². The van der Waals surface area contributed by atoms with Gasteiger partial charge in [-0.25, -0.2) is 4.79 Å². The summed E-state index contributed by atoms with van der Waals surface area (Å²) in [5.74, 6) is -0.912. The molecule has 0 atom stereocenters. The molecule has 0 amide bonds. The summed E-state index contributed by atoms with van der Waals surface area (Å²) < 4.78 is 0. The van der Waals surface area contributed by atoms with Crippen LogP contribution in [0.2, 0.25) is 0 Å². The Morgan fingerprint density at radius 1 is 0.652 bits per heavy atom. The number of carboxylic acids is 1. The lowest BCUT2D eigenvalue weighted by molar-refractivity contribution is 0.0697. The van der Waals surface area contributed by atoms with Crippen LogP contribution in [0.15, 0.2) is 84.9 Å². The first-order chi connectivity index (χ1) is 11.2. The summed E-state index contributed by atoms with van der Waals surface area (Å²) in [7, 11) is 0. The van der Waals surface area contributed by atoms with E-state index >= 15 is 0 Å². The quantitative estimate of drug-likeness (QED) is 0.690. The van der Waals surface area contributed by atoms with Gasteiger partial charge in [0.2, 0.25) is 0 Å². The molecule has 23 heavy (non-hydrogen) atoms. The van der Waals surface area contributed by atoms with Crippen LogP contribution in [-0.2, 0) is 0 Å². The van der Waals surface area contributed by atoms with Crippen LogP contribution in [0.4, 0.5) is 0 Å². The van der Waals surface area contributed by atoms with Crippen LogP contribution in [0, 0.1) is 0 Å². The first-order valence-electron chi connectivity index (χ1n) is 7.40. The summed E-state index contributed by atoms with van der Waals surface area (Å²) in [5, 5.41) is 9.05. The molecule has 0 aliphatic heterocycles. The summed E-state index contributed by atoms with van der Waals surface area (Å²) >= 11 is 0. The van der Waals surface area contributed by atoms with Crippen molar-refractivity contribution in [3.63, 3.8) is 0 Å². The van der Waals surface area contributed by atoms with E-state index in [1.165, 1.54) is 0 Å². The molecule has 0 aliphatic carbocycles. The van der Waals surface area contributed by atoms with Crippen molar-refractivity contribution in [1.82, 2.24) is 0 Å². The van der Waals surface area contributed by atoms with Crippen molar-refractivity contribution >= 4 is 17.6 Å². The highest BCUT2D eigenvalue weighted by atomic mass is 16.4. The monoisotopic (exact) mass is 300 g/mol. The molecule has 3 aromatic rings. The van der Waals surface area contributed by atoms with Crippen LogP contribution in [0.3, 0.4) is 0 Å². The number of benzene rings is 3. The molecule has 3 rings (SSSR count). The lowest BCUT2D eigenvalue weighted by atomic mass is 9.95. The van der Waals surface area contributed by atoms with Crippen molar-refractivity contribution in [3.05, 3.63) is 107 Å². The van der Waals surface area contributed by atoms with E-state index in [0.29, 0.717) is 5.56 Å². The average molecular weight is 300 g/mol. The Labute approximate surface area is 135 Å². The topological polar surface area (TPSA) is 37.3 Å². The largest absolute Gasteiger partial charge is 0.478 e. The van der Waals surface area contributed by atoms with E-state index in [1.807, 2.05) is 48.5 Å². The van der Waals surface area contributed by atoms with Crippen molar-refractivity contribution in [1.29, 1.82) is 0 Å². The smallest absolute Gasteiger partial charge is 0.335 e. The molecule has 112 valence electrons. The van der Waals surface area contributed by atoms with Gasteiger partial charge in [-0.15, -0.1) is 0 Å². The molecular formula is C21H16O2. The van der Waals surface area contributed by atoms with Crippen molar-refractivity contribution in [3.8, 4) is 0 Å². The Balaban J connectivity index is 2.09. The summed E-state index contributed by atoms with van der Waals surface area (Å²) in [4.78, 5) is 11.0. The van der Waals surface area contributed by atoms with Gasteiger partial charge < -0.3 is 5.11 Å². The number of hydrogen-bond donors (Lipinski definition) is 1. The van der Waals surface area contributed by atoms with Gasteiger partial charge in [-0.2, -0.15) is 0 Å². The van der Waals surface area contributed by atoms with Gasteiger partial charge in [0, 0.05) is 0 Å². The van der Waals surface area contributed by atoms with Crippen LogP contribution >= 0.6 is 0 Å². The maximum absolute atomic E-state index is 11.0. The maximum Gasteiger partial charge on any atom is 0.335 e. The van der Waals surface area contributed by atoms with Gasteiger partial charge in [-0.05, 0) is 40.5 Å². The second-order valence-corrected chi connectivity index (χ2v) is 5.22. The highest BCUT2D eigenvalue weighted by Crippen LogP contribution is 2.26. The number of carbonyl (C=O) groups is 1. The zero-order chi connectivity index (χ0) is 16.1. The summed E-state index contributed by atoms with van der Waals surface area (Å²) in [6.45, 7) is 0. The molecule has 0 radical (unpaired) electrons. The fourth-order valence-electron chi connectivity index (χ4n) is 2.46. The van der Waals surface area contributed by atoms with Gasteiger partial charge in [0.25, 0.3) is 0 Å². The molecule has 0 aromatic heterocycles. The van der Waals surface area contributed by atoms with E-state index in [0.717, 1.165) is 22.3 Å². The third kappa shape index (κ3) is 3.55. The number of rotatable bonds is 4. The van der Waals surface area contributed by atoms with Crippen molar-refractivity contribution in [2.24, 2.45) is 0 Å². The molecule has 2 heteroatoms. The molecule has 0 saturated heterocycles. The second kappa shape index (κ2) is 6.75. The Morgan fingerprint density at radius 3 is 1.70 bits per heavy atom. The van der Waals surface area contributed by atoms with E-state index in [9.17, 15) is 4.79 Å².